The molecule has 0 aliphatic rings. The van der Waals surface area contributed by atoms with Crippen LogP contribution in [0.2, 0.25) is 0 Å². The molecule has 2 rings (SSSR count). The van der Waals surface area contributed by atoms with Gasteiger partial charge in [0.25, 0.3) is 0 Å². The van der Waals surface area contributed by atoms with E-state index in [2.05, 4.69) is 12.2 Å². The number of rotatable bonds is 6. The van der Waals surface area contributed by atoms with Crippen molar-refractivity contribution < 1.29 is 8.78 Å². The molecule has 0 bridgehead atoms. The molecule has 112 valence electrons. The molecule has 0 aliphatic heterocycles. The van der Waals surface area contributed by atoms with Crippen LogP contribution >= 0.6 is 0 Å². The minimum absolute atomic E-state index is 0.0995. The Morgan fingerprint density at radius 3 is 2.29 bits per heavy atom. The third kappa shape index (κ3) is 3.48. The van der Waals surface area contributed by atoms with Gasteiger partial charge in [0, 0.05) is 17.5 Å². The topological polar surface area (TPSA) is 12.0 Å². The largest absolute Gasteiger partial charge is 0.310 e. The van der Waals surface area contributed by atoms with E-state index in [9.17, 15) is 8.78 Å². The van der Waals surface area contributed by atoms with Gasteiger partial charge in [-0.2, -0.15) is 0 Å². The Hall–Kier alpha value is -1.74. The maximum Gasteiger partial charge on any atom is 0.163 e. The number of likely N-dealkylation sites (N-methyl/N-ethyl adjacent to an activating group) is 1. The second-order valence-corrected chi connectivity index (χ2v) is 5.10. The predicted octanol–water partition coefficient (Wildman–Crippen LogP) is 4.81. The molecule has 0 radical (unpaired) electrons. The first-order chi connectivity index (χ1) is 10.2. The van der Waals surface area contributed by atoms with E-state index in [1.807, 2.05) is 37.3 Å². The minimum Gasteiger partial charge on any atom is -0.310 e. The summed E-state index contributed by atoms with van der Waals surface area (Å²) in [6.45, 7) is 4.74. The average molecular weight is 289 g/mol. The molecule has 0 amide bonds. The number of hydrogen-bond acceptors (Lipinski definition) is 1. The van der Waals surface area contributed by atoms with Crippen molar-refractivity contribution in [2.45, 2.75) is 32.2 Å². The first-order valence-electron chi connectivity index (χ1n) is 7.41. The number of benzene rings is 2. The van der Waals surface area contributed by atoms with Crippen LogP contribution in [-0.4, -0.2) is 6.54 Å². The summed E-state index contributed by atoms with van der Waals surface area (Å²) in [5.74, 6) is -1.45. The molecule has 2 aromatic carbocycles. The highest BCUT2D eigenvalue weighted by atomic mass is 19.2. The van der Waals surface area contributed by atoms with E-state index in [1.165, 1.54) is 0 Å². The molecule has 0 spiro atoms. The van der Waals surface area contributed by atoms with Crippen molar-refractivity contribution in [3.63, 3.8) is 0 Å². The zero-order valence-electron chi connectivity index (χ0n) is 12.4. The molecule has 1 nitrogen and oxygen atoms in total. The first-order valence-corrected chi connectivity index (χ1v) is 7.41. The van der Waals surface area contributed by atoms with Gasteiger partial charge in [0.1, 0.15) is 0 Å². The summed E-state index contributed by atoms with van der Waals surface area (Å²) in [7, 11) is 0. The van der Waals surface area contributed by atoms with E-state index in [4.69, 9.17) is 0 Å². The van der Waals surface area contributed by atoms with E-state index in [0.29, 0.717) is 12.1 Å². The standard InChI is InChI=1S/C18H21F2N/c1-3-14(13-9-6-5-7-10-13)18(21-4-2)15-11-8-12-16(19)17(15)20/h5-12,14,18,21H,3-4H2,1-2H3. The Morgan fingerprint density at radius 1 is 0.952 bits per heavy atom. The normalized spacial score (nSPS) is 13.9. The summed E-state index contributed by atoms with van der Waals surface area (Å²) in [4.78, 5) is 0. The highest BCUT2D eigenvalue weighted by Gasteiger charge is 2.26. The van der Waals surface area contributed by atoms with E-state index in [0.717, 1.165) is 18.1 Å². The molecule has 0 saturated carbocycles. The van der Waals surface area contributed by atoms with Crippen molar-refractivity contribution in [1.82, 2.24) is 5.32 Å². The fourth-order valence-electron chi connectivity index (χ4n) is 2.81. The van der Waals surface area contributed by atoms with Gasteiger partial charge in [0.15, 0.2) is 11.6 Å². The van der Waals surface area contributed by atoms with Crippen LogP contribution in [0.15, 0.2) is 48.5 Å². The molecule has 0 aromatic heterocycles. The van der Waals surface area contributed by atoms with E-state index >= 15 is 0 Å². The average Bonchev–Trinajstić information content (AvgIpc) is 2.51. The molecule has 0 heterocycles. The maximum atomic E-state index is 14.2. The van der Waals surface area contributed by atoms with Gasteiger partial charge in [-0.3, -0.25) is 0 Å². The SMILES string of the molecule is CCNC(c1cccc(F)c1F)C(CC)c1ccccc1. The van der Waals surface area contributed by atoms with Crippen LogP contribution in [0.4, 0.5) is 8.78 Å². The van der Waals surface area contributed by atoms with Gasteiger partial charge < -0.3 is 5.32 Å². The molecular weight excluding hydrogens is 268 g/mol. The quantitative estimate of drug-likeness (QED) is 0.804. The Bertz CT molecular complexity index is 569. The fraction of sp³-hybridized carbons (Fsp3) is 0.333. The summed E-state index contributed by atoms with van der Waals surface area (Å²) in [6, 6.07) is 14.1. The summed E-state index contributed by atoms with van der Waals surface area (Å²) >= 11 is 0. The van der Waals surface area contributed by atoms with Crippen LogP contribution in [0.25, 0.3) is 0 Å². The summed E-state index contributed by atoms with van der Waals surface area (Å²) in [5, 5.41) is 3.31. The Morgan fingerprint density at radius 2 is 1.67 bits per heavy atom. The van der Waals surface area contributed by atoms with E-state index < -0.39 is 11.6 Å². The van der Waals surface area contributed by atoms with Crippen molar-refractivity contribution in [2.75, 3.05) is 6.54 Å². The van der Waals surface area contributed by atoms with Gasteiger partial charge in [-0.05, 0) is 24.6 Å². The van der Waals surface area contributed by atoms with Crippen molar-refractivity contribution >= 4 is 0 Å². The lowest BCUT2D eigenvalue weighted by Crippen LogP contribution is -2.28. The van der Waals surface area contributed by atoms with Crippen LogP contribution < -0.4 is 5.32 Å². The van der Waals surface area contributed by atoms with Crippen LogP contribution in [0.3, 0.4) is 0 Å². The lowest BCUT2D eigenvalue weighted by molar-refractivity contribution is 0.413. The molecule has 3 heteroatoms. The maximum absolute atomic E-state index is 14.2. The molecule has 2 aromatic rings. The fourth-order valence-corrected chi connectivity index (χ4v) is 2.81. The molecule has 0 aliphatic carbocycles. The van der Waals surface area contributed by atoms with Gasteiger partial charge >= 0.3 is 0 Å². The summed E-state index contributed by atoms with van der Waals surface area (Å²) in [6.07, 6.45) is 0.845. The highest BCUT2D eigenvalue weighted by Crippen LogP contribution is 2.35. The summed E-state index contributed by atoms with van der Waals surface area (Å²) in [5.41, 5.74) is 1.53. The smallest absolute Gasteiger partial charge is 0.163 e. The highest BCUT2D eigenvalue weighted by molar-refractivity contribution is 5.29. The van der Waals surface area contributed by atoms with Crippen molar-refractivity contribution in [2.24, 2.45) is 0 Å². The predicted molar refractivity (Wildman–Crippen MR) is 82.2 cm³/mol. The lowest BCUT2D eigenvalue weighted by Gasteiger charge is -2.28. The van der Waals surface area contributed by atoms with Gasteiger partial charge in [-0.1, -0.05) is 56.3 Å². The molecule has 21 heavy (non-hydrogen) atoms. The molecule has 2 atom stereocenters. The van der Waals surface area contributed by atoms with Crippen molar-refractivity contribution in [3.8, 4) is 0 Å². The summed E-state index contributed by atoms with van der Waals surface area (Å²) < 4.78 is 27.7. The minimum atomic E-state index is -0.793. The third-order valence-electron chi connectivity index (χ3n) is 3.81. The van der Waals surface area contributed by atoms with Crippen molar-refractivity contribution in [3.05, 3.63) is 71.3 Å². The number of nitrogens with one attached hydrogen (secondary N) is 1. The molecule has 0 saturated heterocycles. The second-order valence-electron chi connectivity index (χ2n) is 5.10. The third-order valence-corrected chi connectivity index (χ3v) is 3.81. The molecule has 1 N–H and O–H groups in total. The van der Waals surface area contributed by atoms with E-state index in [1.54, 1.807) is 12.1 Å². The Labute approximate surface area is 125 Å². The van der Waals surface area contributed by atoms with Crippen molar-refractivity contribution in [1.29, 1.82) is 0 Å². The second kappa shape index (κ2) is 7.32. The molecule has 2 unspecified atom stereocenters. The number of hydrogen-bond donors (Lipinski definition) is 1. The van der Waals surface area contributed by atoms with Gasteiger partial charge in [-0.15, -0.1) is 0 Å². The first kappa shape index (κ1) is 15.6. The van der Waals surface area contributed by atoms with Gasteiger partial charge in [0.05, 0.1) is 0 Å². The van der Waals surface area contributed by atoms with E-state index in [-0.39, 0.29) is 12.0 Å². The van der Waals surface area contributed by atoms with Crippen LogP contribution in [0, 0.1) is 11.6 Å². The monoisotopic (exact) mass is 289 g/mol. The van der Waals surface area contributed by atoms with Crippen LogP contribution in [0.1, 0.15) is 43.4 Å². The Balaban J connectivity index is 2.44. The Kier molecular flexibility index (Phi) is 5.45. The van der Waals surface area contributed by atoms with Gasteiger partial charge in [-0.25, -0.2) is 8.78 Å². The lowest BCUT2D eigenvalue weighted by atomic mass is 9.85. The molecule has 0 fully saturated rings. The van der Waals surface area contributed by atoms with Crippen LogP contribution in [0.5, 0.6) is 0 Å². The van der Waals surface area contributed by atoms with Crippen LogP contribution in [-0.2, 0) is 0 Å². The zero-order chi connectivity index (χ0) is 15.2. The van der Waals surface area contributed by atoms with Gasteiger partial charge in [0.2, 0.25) is 0 Å². The zero-order valence-corrected chi connectivity index (χ0v) is 12.4. The number of halogens is 2. The molecular formula is C18H21F2N.